The van der Waals surface area contributed by atoms with Gasteiger partial charge in [0.25, 0.3) is 0 Å². The largest absolute Gasteiger partial charge is 0.376 e. The second kappa shape index (κ2) is 9.37. The summed E-state index contributed by atoms with van der Waals surface area (Å²) in [4.78, 5) is 12.5. The number of amides is 1. The highest BCUT2D eigenvalue weighted by Gasteiger charge is 2.27. The van der Waals surface area contributed by atoms with Gasteiger partial charge in [0.2, 0.25) is 15.9 Å². The highest BCUT2D eigenvalue weighted by Crippen LogP contribution is 2.25. The maximum absolute atomic E-state index is 13.1. The maximum atomic E-state index is 13.1. The number of nitrogens with one attached hydrogen (secondary N) is 2. The minimum atomic E-state index is -3.60. The van der Waals surface area contributed by atoms with Crippen LogP contribution in [-0.2, 0) is 14.8 Å². The molecule has 2 aromatic rings. The van der Waals surface area contributed by atoms with Crippen LogP contribution in [0.4, 0.5) is 15.8 Å². The van der Waals surface area contributed by atoms with Crippen LogP contribution in [0.15, 0.2) is 47.4 Å². The molecule has 8 heteroatoms. The van der Waals surface area contributed by atoms with Crippen LogP contribution in [0, 0.1) is 12.7 Å². The highest BCUT2D eigenvalue weighted by atomic mass is 32.2. The van der Waals surface area contributed by atoms with Crippen molar-refractivity contribution in [3.63, 3.8) is 0 Å². The van der Waals surface area contributed by atoms with E-state index >= 15 is 0 Å². The standard InChI is InChI=1S/C21H26FN3O3S/c1-16-6-9-19(24-21(26)15-23-18-10-7-17(22)8-11-18)14-20(16)29(27,28)25-12-4-2-3-5-13-25/h6-11,14,23H,2-5,12-13,15H2,1H3,(H,24,26). The summed E-state index contributed by atoms with van der Waals surface area (Å²) < 4.78 is 40.7. The van der Waals surface area contributed by atoms with Gasteiger partial charge in [-0.15, -0.1) is 0 Å². The molecule has 0 aromatic heterocycles. The number of benzene rings is 2. The van der Waals surface area contributed by atoms with Crippen molar-refractivity contribution in [1.82, 2.24) is 4.31 Å². The van der Waals surface area contributed by atoms with Crippen molar-refractivity contribution in [2.75, 3.05) is 30.3 Å². The van der Waals surface area contributed by atoms with Gasteiger partial charge in [0.15, 0.2) is 0 Å². The SMILES string of the molecule is Cc1ccc(NC(=O)CNc2ccc(F)cc2)cc1S(=O)(=O)N1CCCCCC1. The Morgan fingerprint density at radius 2 is 1.62 bits per heavy atom. The molecule has 0 atom stereocenters. The summed E-state index contributed by atoms with van der Waals surface area (Å²) in [5.74, 6) is -0.672. The van der Waals surface area contributed by atoms with Gasteiger partial charge in [-0.3, -0.25) is 4.79 Å². The number of halogens is 1. The molecule has 3 rings (SSSR count). The van der Waals surface area contributed by atoms with Gasteiger partial charge >= 0.3 is 0 Å². The summed E-state index contributed by atoms with van der Waals surface area (Å²) in [5, 5.41) is 5.62. The molecule has 1 aliphatic rings. The van der Waals surface area contributed by atoms with Gasteiger partial charge in [0, 0.05) is 24.5 Å². The third-order valence-electron chi connectivity index (χ3n) is 4.95. The van der Waals surface area contributed by atoms with Crippen molar-refractivity contribution < 1.29 is 17.6 Å². The van der Waals surface area contributed by atoms with Crippen molar-refractivity contribution in [2.45, 2.75) is 37.5 Å². The molecule has 0 saturated carbocycles. The number of hydrogen-bond acceptors (Lipinski definition) is 4. The molecule has 0 unspecified atom stereocenters. The Labute approximate surface area is 171 Å². The molecule has 2 N–H and O–H groups in total. The highest BCUT2D eigenvalue weighted by molar-refractivity contribution is 7.89. The number of sulfonamides is 1. The second-order valence-corrected chi connectivity index (χ2v) is 9.11. The third kappa shape index (κ3) is 5.55. The summed E-state index contributed by atoms with van der Waals surface area (Å²) in [6, 6.07) is 10.6. The Balaban J connectivity index is 1.69. The number of carbonyl (C=O) groups is 1. The van der Waals surface area contributed by atoms with Gasteiger partial charge in [-0.2, -0.15) is 4.31 Å². The zero-order valence-electron chi connectivity index (χ0n) is 16.4. The number of aryl methyl sites for hydroxylation is 1. The van der Waals surface area contributed by atoms with Crippen LogP contribution in [0.1, 0.15) is 31.2 Å². The fourth-order valence-electron chi connectivity index (χ4n) is 3.33. The predicted molar refractivity (Wildman–Crippen MR) is 112 cm³/mol. The lowest BCUT2D eigenvalue weighted by molar-refractivity contribution is -0.114. The van der Waals surface area contributed by atoms with E-state index in [-0.39, 0.29) is 23.2 Å². The smallest absolute Gasteiger partial charge is 0.243 e. The van der Waals surface area contributed by atoms with E-state index in [2.05, 4.69) is 10.6 Å². The van der Waals surface area contributed by atoms with E-state index in [0.717, 1.165) is 25.7 Å². The molecule has 1 saturated heterocycles. The van der Waals surface area contributed by atoms with Gasteiger partial charge < -0.3 is 10.6 Å². The zero-order chi connectivity index (χ0) is 20.9. The number of hydrogen-bond donors (Lipinski definition) is 2. The zero-order valence-corrected chi connectivity index (χ0v) is 17.3. The first-order valence-electron chi connectivity index (χ1n) is 9.76. The van der Waals surface area contributed by atoms with E-state index in [1.807, 2.05) is 0 Å². The normalized spacial score (nSPS) is 15.5. The van der Waals surface area contributed by atoms with Crippen LogP contribution >= 0.6 is 0 Å². The second-order valence-electron chi connectivity index (χ2n) is 7.21. The molecule has 1 fully saturated rings. The lowest BCUT2D eigenvalue weighted by Gasteiger charge is -2.21. The molecule has 0 radical (unpaired) electrons. The predicted octanol–water partition coefficient (Wildman–Crippen LogP) is 3.75. The molecule has 1 heterocycles. The van der Waals surface area contributed by atoms with Gasteiger partial charge in [-0.05, 0) is 61.7 Å². The van der Waals surface area contributed by atoms with Crippen LogP contribution in [0.5, 0.6) is 0 Å². The molecule has 0 spiro atoms. The Hall–Kier alpha value is -2.45. The molecule has 156 valence electrons. The summed E-state index contributed by atoms with van der Waals surface area (Å²) in [5.41, 5.74) is 1.70. The Bertz CT molecular complexity index is 954. The van der Waals surface area contributed by atoms with Crippen molar-refractivity contribution in [1.29, 1.82) is 0 Å². The molecule has 0 aliphatic carbocycles. The quantitative estimate of drug-likeness (QED) is 0.748. The van der Waals surface area contributed by atoms with E-state index < -0.39 is 10.0 Å². The van der Waals surface area contributed by atoms with Crippen LogP contribution in [-0.4, -0.2) is 38.3 Å². The molecule has 1 aliphatic heterocycles. The van der Waals surface area contributed by atoms with E-state index in [0.29, 0.717) is 30.0 Å². The number of anilines is 2. The first kappa shape index (κ1) is 21.3. The van der Waals surface area contributed by atoms with E-state index in [1.54, 1.807) is 35.5 Å². The van der Waals surface area contributed by atoms with Crippen LogP contribution in [0.3, 0.4) is 0 Å². The lowest BCUT2D eigenvalue weighted by atomic mass is 10.2. The minimum absolute atomic E-state index is 0.0201. The fourth-order valence-corrected chi connectivity index (χ4v) is 5.10. The van der Waals surface area contributed by atoms with E-state index in [4.69, 9.17) is 0 Å². The maximum Gasteiger partial charge on any atom is 0.243 e. The van der Waals surface area contributed by atoms with Gasteiger partial charge in [-0.25, -0.2) is 12.8 Å². The van der Waals surface area contributed by atoms with Crippen LogP contribution in [0.25, 0.3) is 0 Å². The first-order valence-corrected chi connectivity index (χ1v) is 11.2. The Morgan fingerprint density at radius 1 is 1.00 bits per heavy atom. The molecule has 6 nitrogen and oxygen atoms in total. The Morgan fingerprint density at radius 3 is 2.28 bits per heavy atom. The fraction of sp³-hybridized carbons (Fsp3) is 0.381. The van der Waals surface area contributed by atoms with Gasteiger partial charge in [-0.1, -0.05) is 18.9 Å². The van der Waals surface area contributed by atoms with Crippen LogP contribution < -0.4 is 10.6 Å². The average Bonchev–Trinajstić information content (AvgIpc) is 2.99. The minimum Gasteiger partial charge on any atom is -0.376 e. The third-order valence-corrected chi connectivity index (χ3v) is 6.99. The molecule has 1 amide bonds. The van der Waals surface area contributed by atoms with Gasteiger partial charge in [0.05, 0.1) is 11.4 Å². The van der Waals surface area contributed by atoms with Crippen molar-refractivity contribution in [3.8, 4) is 0 Å². The summed E-state index contributed by atoms with van der Waals surface area (Å²) in [6.07, 6.45) is 3.82. The van der Waals surface area contributed by atoms with Crippen molar-refractivity contribution >= 4 is 27.3 Å². The molecule has 2 aromatic carbocycles. The molecular formula is C21H26FN3O3S. The number of rotatable bonds is 6. The average molecular weight is 420 g/mol. The number of carbonyl (C=O) groups excluding carboxylic acids is 1. The summed E-state index contributed by atoms with van der Waals surface area (Å²) >= 11 is 0. The first-order chi connectivity index (χ1) is 13.9. The molecule has 29 heavy (non-hydrogen) atoms. The molecular weight excluding hydrogens is 393 g/mol. The van der Waals surface area contributed by atoms with E-state index in [9.17, 15) is 17.6 Å². The van der Waals surface area contributed by atoms with Crippen molar-refractivity contribution in [2.24, 2.45) is 0 Å². The van der Waals surface area contributed by atoms with Crippen molar-refractivity contribution in [3.05, 3.63) is 53.8 Å². The topological polar surface area (TPSA) is 78.5 Å². The summed E-state index contributed by atoms with van der Waals surface area (Å²) in [7, 11) is -3.60. The monoisotopic (exact) mass is 419 g/mol. The Kier molecular flexibility index (Phi) is 6.87. The molecule has 0 bridgehead atoms. The van der Waals surface area contributed by atoms with Gasteiger partial charge in [0.1, 0.15) is 5.82 Å². The lowest BCUT2D eigenvalue weighted by Crippen LogP contribution is -2.32. The van der Waals surface area contributed by atoms with E-state index in [1.165, 1.54) is 18.2 Å². The van der Waals surface area contributed by atoms with Crippen LogP contribution in [0.2, 0.25) is 0 Å². The summed E-state index contributed by atoms with van der Waals surface area (Å²) in [6.45, 7) is 2.79. The number of nitrogens with zero attached hydrogens (tertiary/aromatic N) is 1.